The molecule has 10 heteroatoms. The van der Waals surface area contributed by atoms with Crippen molar-refractivity contribution in [3.05, 3.63) is 23.8 Å². The van der Waals surface area contributed by atoms with Gasteiger partial charge in [-0.05, 0) is 42.2 Å². The molecule has 1 aliphatic rings. The molecule has 25 heavy (non-hydrogen) atoms. The number of benzene rings is 1. The second-order valence-electron chi connectivity index (χ2n) is 5.35. The van der Waals surface area contributed by atoms with Gasteiger partial charge in [0.2, 0.25) is 11.8 Å². The summed E-state index contributed by atoms with van der Waals surface area (Å²) in [7, 11) is -0.447. The van der Waals surface area contributed by atoms with Crippen molar-refractivity contribution in [1.82, 2.24) is 5.32 Å². The van der Waals surface area contributed by atoms with E-state index >= 15 is 0 Å². The third kappa shape index (κ3) is 5.68. The van der Waals surface area contributed by atoms with Crippen LogP contribution in [0.3, 0.4) is 0 Å². The van der Waals surface area contributed by atoms with Crippen molar-refractivity contribution in [3.63, 3.8) is 0 Å². The lowest BCUT2D eigenvalue weighted by Crippen LogP contribution is -2.15. The summed E-state index contributed by atoms with van der Waals surface area (Å²) >= 11 is 0. The Morgan fingerprint density at radius 1 is 1.36 bits per heavy atom. The summed E-state index contributed by atoms with van der Waals surface area (Å²) in [6.45, 7) is 1.73. The molecule has 0 saturated carbocycles. The van der Waals surface area contributed by atoms with E-state index in [1.54, 1.807) is 6.92 Å². The number of amides is 2. The Balaban J connectivity index is 1.90. The van der Waals surface area contributed by atoms with E-state index in [-0.39, 0.29) is 35.2 Å². The molecule has 4 N–H and O–H groups in total. The zero-order valence-corrected chi connectivity index (χ0v) is 14.3. The molecule has 1 saturated heterocycles. The number of carboxylic acids is 1. The summed E-state index contributed by atoms with van der Waals surface area (Å²) in [5.74, 6) is -1.01. The summed E-state index contributed by atoms with van der Waals surface area (Å²) in [6, 6.07) is 3.70. The summed E-state index contributed by atoms with van der Waals surface area (Å²) in [5, 5.41) is 27.6. The maximum atomic E-state index is 12.0. The average molecular weight is 366 g/mol. The van der Waals surface area contributed by atoms with Crippen LogP contribution in [0.4, 0.5) is 5.69 Å². The molecule has 1 fully saturated rings. The van der Waals surface area contributed by atoms with Crippen LogP contribution in [0.25, 0.3) is 0 Å². The second-order valence-corrected chi connectivity index (χ2v) is 7.02. The maximum Gasteiger partial charge on any atom is 0.337 e. The van der Waals surface area contributed by atoms with Crippen LogP contribution in [0.1, 0.15) is 30.1 Å². The van der Waals surface area contributed by atoms with E-state index in [9.17, 15) is 19.5 Å². The highest BCUT2D eigenvalue weighted by atomic mass is 32.2. The number of hydrogen-bond acceptors (Lipinski definition) is 5. The molecule has 0 aromatic heterocycles. The van der Waals surface area contributed by atoms with Crippen LogP contribution in [-0.2, 0) is 20.3 Å². The number of anilines is 1. The molecule has 1 atom stereocenters. The number of aromatic carboxylic acids is 1. The van der Waals surface area contributed by atoms with Crippen molar-refractivity contribution in [2.24, 2.45) is 9.57 Å². The van der Waals surface area contributed by atoms with Crippen molar-refractivity contribution in [2.45, 2.75) is 19.8 Å². The minimum absolute atomic E-state index is 0.0394. The van der Waals surface area contributed by atoms with E-state index in [1.807, 2.05) is 0 Å². The highest BCUT2D eigenvalue weighted by molar-refractivity contribution is 7.88. The molecule has 134 valence electrons. The Labute approximate surface area is 146 Å². The van der Waals surface area contributed by atoms with Crippen molar-refractivity contribution >= 4 is 39.9 Å². The largest absolute Gasteiger partial charge is 0.508 e. The summed E-state index contributed by atoms with van der Waals surface area (Å²) in [6.07, 6.45) is 0.462. The van der Waals surface area contributed by atoms with E-state index in [2.05, 4.69) is 20.2 Å². The van der Waals surface area contributed by atoms with Gasteiger partial charge in [-0.3, -0.25) is 9.59 Å². The minimum Gasteiger partial charge on any atom is -0.508 e. The monoisotopic (exact) mass is 366 g/mol. The van der Waals surface area contributed by atoms with Gasteiger partial charge in [0.15, 0.2) is 0 Å². The molecule has 0 aliphatic carbocycles. The normalized spacial score (nSPS) is 17.4. The number of nitrogens with one attached hydrogen (secondary N) is 2. The Morgan fingerprint density at radius 3 is 2.76 bits per heavy atom. The predicted octanol–water partition coefficient (Wildman–Crippen LogP) is 1.07. The van der Waals surface area contributed by atoms with Gasteiger partial charge in [-0.25, -0.2) is 4.79 Å². The van der Waals surface area contributed by atoms with Gasteiger partial charge >= 0.3 is 5.97 Å². The number of phenols is 1. The van der Waals surface area contributed by atoms with Crippen molar-refractivity contribution < 1.29 is 24.6 Å². The van der Waals surface area contributed by atoms with E-state index in [0.29, 0.717) is 23.8 Å². The lowest BCUT2D eigenvalue weighted by Gasteiger charge is -2.08. The summed E-state index contributed by atoms with van der Waals surface area (Å²) in [4.78, 5) is 34.2. The summed E-state index contributed by atoms with van der Waals surface area (Å²) < 4.78 is 4.08. The predicted molar refractivity (Wildman–Crippen MR) is 93.7 cm³/mol. The van der Waals surface area contributed by atoms with Crippen molar-refractivity contribution in [2.75, 3.05) is 16.9 Å². The van der Waals surface area contributed by atoms with E-state index in [0.717, 1.165) is 6.07 Å². The highest BCUT2D eigenvalue weighted by Gasteiger charge is 2.15. The van der Waals surface area contributed by atoms with Crippen LogP contribution in [0.15, 0.2) is 27.8 Å². The first-order chi connectivity index (χ1) is 11.8. The fraction of sp³-hybridized carbons (Fsp3) is 0.333. The van der Waals surface area contributed by atoms with E-state index < -0.39 is 16.7 Å². The van der Waals surface area contributed by atoms with Gasteiger partial charge in [0.25, 0.3) is 0 Å². The van der Waals surface area contributed by atoms with Crippen LogP contribution >= 0.6 is 0 Å². The van der Waals surface area contributed by atoms with Crippen LogP contribution in [0.2, 0.25) is 0 Å². The van der Waals surface area contributed by atoms with Crippen LogP contribution < -0.4 is 10.6 Å². The fourth-order valence-electron chi connectivity index (χ4n) is 1.98. The molecule has 2 amide bonds. The first-order valence-corrected chi connectivity index (χ1v) is 8.92. The molecule has 1 heterocycles. The van der Waals surface area contributed by atoms with Gasteiger partial charge in [-0.1, -0.05) is 0 Å². The zero-order valence-electron chi connectivity index (χ0n) is 13.5. The zero-order chi connectivity index (χ0) is 18.4. The first-order valence-electron chi connectivity index (χ1n) is 7.40. The molecular formula is C15H18N4O5S. The first kappa shape index (κ1) is 18.6. The number of rotatable bonds is 6. The number of aromatic hydroxyl groups is 1. The van der Waals surface area contributed by atoms with Crippen molar-refractivity contribution in [3.8, 4) is 5.75 Å². The van der Waals surface area contributed by atoms with Gasteiger partial charge in [0.05, 0.1) is 22.9 Å². The second kappa shape index (κ2) is 8.38. The number of carboxylic acid groups (broad SMARTS) is 1. The van der Waals surface area contributed by atoms with Crippen LogP contribution in [-0.4, -0.2) is 45.3 Å². The molecule has 0 bridgehead atoms. The van der Waals surface area contributed by atoms with Gasteiger partial charge in [-0.15, -0.1) is 4.47 Å². The Morgan fingerprint density at radius 2 is 2.12 bits per heavy atom. The van der Waals surface area contributed by atoms with Gasteiger partial charge in [0, 0.05) is 12.1 Å². The molecule has 2 rings (SSSR count). The van der Waals surface area contributed by atoms with Crippen molar-refractivity contribution in [1.29, 1.82) is 0 Å². The molecule has 0 spiro atoms. The molecule has 1 unspecified atom stereocenters. The topological polar surface area (TPSA) is 140 Å². The summed E-state index contributed by atoms with van der Waals surface area (Å²) in [5.41, 5.74) is 0.575. The molecule has 9 nitrogen and oxygen atoms in total. The average Bonchev–Trinajstić information content (AvgIpc) is 2.98. The number of carbonyl (C=O) groups excluding carboxylic acids is 2. The Bertz CT molecular complexity index is 775. The third-order valence-corrected chi connectivity index (χ3v) is 4.67. The third-order valence-electron chi connectivity index (χ3n) is 3.28. The van der Waals surface area contributed by atoms with E-state index in [4.69, 9.17) is 5.11 Å². The number of carbonyl (C=O) groups is 3. The molecule has 0 radical (unpaired) electrons. The fourth-order valence-corrected chi connectivity index (χ4v) is 3.18. The van der Waals surface area contributed by atoms with E-state index in [1.165, 1.54) is 12.1 Å². The van der Waals surface area contributed by atoms with Gasteiger partial charge in [0.1, 0.15) is 5.75 Å². The number of hydrogen-bond donors (Lipinski definition) is 4. The number of nitrogens with zero attached hydrogens (tertiary/aromatic N) is 2. The van der Waals surface area contributed by atoms with Crippen LogP contribution in [0, 0.1) is 0 Å². The maximum absolute atomic E-state index is 12.0. The highest BCUT2D eigenvalue weighted by Crippen LogP contribution is 2.21. The lowest BCUT2D eigenvalue weighted by molar-refractivity contribution is -0.118. The molecule has 1 aliphatic heterocycles. The standard InChI is InChI=1S/C15H18N4O5S/c1-9(18-19-25-7-14(22)16-8-25)2-5-13(21)17-12-4-3-10(20)6-11(12)15(23)24/h3-4,6,20H,2,5,7-8H2,1H3,(H,16,22)(H,17,21)(H,23,24)/b18-9+. The smallest absolute Gasteiger partial charge is 0.337 e. The molecule has 1 aromatic carbocycles. The van der Waals surface area contributed by atoms with Crippen LogP contribution in [0.5, 0.6) is 5.75 Å². The minimum atomic E-state index is -1.25. The molecular weight excluding hydrogens is 348 g/mol. The Kier molecular flexibility index (Phi) is 6.23. The number of phenolic OH excluding ortho intramolecular Hbond substituents is 1. The molecule has 1 aromatic rings. The Hall–Kier alpha value is -2.75. The quantitative estimate of drug-likeness (QED) is 0.339. The SMILES string of the molecule is C/C(CCC(=O)Nc1ccc(O)cc1C(=O)O)=N\N=S1/CNC(=O)C1. The van der Waals surface area contributed by atoms with Gasteiger partial charge in [-0.2, -0.15) is 5.10 Å². The lowest BCUT2D eigenvalue weighted by atomic mass is 10.1. The van der Waals surface area contributed by atoms with Gasteiger partial charge < -0.3 is 20.8 Å².